The summed E-state index contributed by atoms with van der Waals surface area (Å²) >= 11 is 0. The standard InChI is InChI=1S/C30H36N4/c1-24-21-28-29(22-25(24)2)34(23-31-28)16-10-9-15-32-17-19-33(20-18-32)30(26-11-5-3-6-12-26)27-13-7-4-8-14-27/h3-8,11-14,21-23,30H,9-10,15-20H2,1-2H3. The van der Waals surface area contributed by atoms with Gasteiger partial charge in [0.1, 0.15) is 0 Å². The van der Waals surface area contributed by atoms with Gasteiger partial charge < -0.3 is 9.47 Å². The predicted octanol–water partition coefficient (Wildman–Crippen LogP) is 5.84. The SMILES string of the molecule is Cc1cc2ncn(CCCCN3CCN(C(c4ccccc4)c4ccccc4)CC3)c2cc1C. The van der Waals surface area contributed by atoms with E-state index in [1.807, 2.05) is 6.33 Å². The molecule has 1 saturated heterocycles. The van der Waals surface area contributed by atoms with Crippen LogP contribution >= 0.6 is 0 Å². The first-order valence-corrected chi connectivity index (χ1v) is 12.7. The van der Waals surface area contributed by atoms with Crippen molar-refractivity contribution in [1.29, 1.82) is 0 Å². The molecule has 1 aromatic heterocycles. The third-order valence-corrected chi connectivity index (χ3v) is 7.36. The predicted molar refractivity (Wildman–Crippen MR) is 141 cm³/mol. The quantitative estimate of drug-likeness (QED) is 0.314. The number of nitrogens with zero attached hydrogens (tertiary/aromatic N) is 4. The summed E-state index contributed by atoms with van der Waals surface area (Å²) in [5, 5.41) is 0. The van der Waals surface area contributed by atoms with Gasteiger partial charge in [0.2, 0.25) is 0 Å². The van der Waals surface area contributed by atoms with E-state index in [-0.39, 0.29) is 0 Å². The minimum absolute atomic E-state index is 0.339. The molecule has 1 fully saturated rings. The Labute approximate surface area is 203 Å². The van der Waals surface area contributed by atoms with Crippen molar-refractivity contribution in [3.05, 3.63) is 101 Å². The van der Waals surface area contributed by atoms with Crippen LogP contribution in [0.3, 0.4) is 0 Å². The minimum Gasteiger partial charge on any atom is -0.331 e. The van der Waals surface area contributed by atoms with Crippen LogP contribution in [0.5, 0.6) is 0 Å². The number of aryl methyl sites for hydroxylation is 3. The molecule has 0 bridgehead atoms. The smallest absolute Gasteiger partial charge is 0.0958 e. The van der Waals surface area contributed by atoms with Gasteiger partial charge in [0.25, 0.3) is 0 Å². The normalized spacial score (nSPS) is 15.4. The van der Waals surface area contributed by atoms with E-state index in [9.17, 15) is 0 Å². The van der Waals surface area contributed by atoms with Gasteiger partial charge >= 0.3 is 0 Å². The number of imidazole rings is 1. The van der Waals surface area contributed by atoms with Gasteiger partial charge in [-0.25, -0.2) is 4.98 Å². The average Bonchev–Trinajstić information content (AvgIpc) is 3.26. The minimum atomic E-state index is 0.339. The van der Waals surface area contributed by atoms with Crippen LogP contribution in [0, 0.1) is 13.8 Å². The zero-order chi connectivity index (χ0) is 23.3. The van der Waals surface area contributed by atoms with E-state index >= 15 is 0 Å². The molecular weight excluding hydrogens is 416 g/mol. The lowest BCUT2D eigenvalue weighted by Gasteiger charge is -2.39. The second-order valence-electron chi connectivity index (χ2n) is 9.67. The van der Waals surface area contributed by atoms with Crippen LogP contribution in [0.25, 0.3) is 11.0 Å². The fourth-order valence-electron chi connectivity index (χ4n) is 5.24. The van der Waals surface area contributed by atoms with Crippen molar-refractivity contribution in [1.82, 2.24) is 19.4 Å². The number of unbranched alkanes of at least 4 members (excludes halogenated alkanes) is 1. The summed E-state index contributed by atoms with van der Waals surface area (Å²) < 4.78 is 2.32. The van der Waals surface area contributed by atoms with Crippen LogP contribution in [0.1, 0.15) is 41.1 Å². The van der Waals surface area contributed by atoms with Crippen LogP contribution < -0.4 is 0 Å². The number of hydrogen-bond donors (Lipinski definition) is 0. The molecule has 0 radical (unpaired) electrons. The Balaban J connectivity index is 1.14. The van der Waals surface area contributed by atoms with E-state index < -0.39 is 0 Å². The molecule has 0 N–H and O–H groups in total. The Morgan fingerprint density at radius 1 is 0.735 bits per heavy atom. The highest BCUT2D eigenvalue weighted by atomic mass is 15.3. The fourth-order valence-corrected chi connectivity index (χ4v) is 5.24. The first kappa shape index (κ1) is 22.8. The Morgan fingerprint density at radius 2 is 1.32 bits per heavy atom. The molecule has 3 aromatic carbocycles. The van der Waals surface area contributed by atoms with Crippen LogP contribution in [0.15, 0.2) is 79.1 Å². The van der Waals surface area contributed by atoms with E-state index in [0.29, 0.717) is 6.04 Å². The van der Waals surface area contributed by atoms with E-state index in [1.54, 1.807) is 0 Å². The van der Waals surface area contributed by atoms with Crippen LogP contribution in [0.2, 0.25) is 0 Å². The molecule has 0 amide bonds. The molecule has 2 heterocycles. The molecule has 1 aliphatic rings. The van der Waals surface area contributed by atoms with Gasteiger partial charge in [0.15, 0.2) is 0 Å². The monoisotopic (exact) mass is 452 g/mol. The Hall–Kier alpha value is -2.95. The summed E-state index contributed by atoms with van der Waals surface area (Å²) in [5.41, 5.74) is 7.82. The van der Waals surface area contributed by atoms with Crippen molar-refractivity contribution in [3.63, 3.8) is 0 Å². The summed E-state index contributed by atoms with van der Waals surface area (Å²) in [7, 11) is 0. The highest BCUT2D eigenvalue weighted by Crippen LogP contribution is 2.29. The summed E-state index contributed by atoms with van der Waals surface area (Å²) in [6.45, 7) is 11.1. The molecule has 0 atom stereocenters. The number of fused-ring (bicyclic) bond motifs is 1. The molecule has 1 aliphatic heterocycles. The van der Waals surface area contributed by atoms with Crippen molar-refractivity contribution < 1.29 is 0 Å². The summed E-state index contributed by atoms with van der Waals surface area (Å²) in [6, 6.07) is 26.8. The number of rotatable bonds is 8. The van der Waals surface area contributed by atoms with Crippen molar-refractivity contribution in [2.75, 3.05) is 32.7 Å². The zero-order valence-electron chi connectivity index (χ0n) is 20.5. The number of piperazine rings is 1. The van der Waals surface area contributed by atoms with Crippen molar-refractivity contribution in [3.8, 4) is 0 Å². The first-order chi connectivity index (χ1) is 16.7. The summed E-state index contributed by atoms with van der Waals surface area (Å²) in [4.78, 5) is 9.91. The van der Waals surface area contributed by atoms with Gasteiger partial charge in [0, 0.05) is 32.7 Å². The van der Waals surface area contributed by atoms with Gasteiger partial charge in [-0.3, -0.25) is 4.90 Å². The lowest BCUT2D eigenvalue weighted by atomic mass is 9.96. The van der Waals surface area contributed by atoms with Gasteiger partial charge in [-0.2, -0.15) is 0 Å². The molecule has 0 aliphatic carbocycles. The van der Waals surface area contributed by atoms with Gasteiger partial charge in [-0.1, -0.05) is 60.7 Å². The topological polar surface area (TPSA) is 24.3 Å². The molecule has 0 spiro atoms. The number of aromatic nitrogens is 2. The molecule has 34 heavy (non-hydrogen) atoms. The second-order valence-corrected chi connectivity index (χ2v) is 9.67. The Morgan fingerprint density at radius 3 is 1.97 bits per heavy atom. The maximum absolute atomic E-state index is 4.61. The Kier molecular flexibility index (Phi) is 7.08. The highest BCUT2D eigenvalue weighted by molar-refractivity contribution is 5.77. The highest BCUT2D eigenvalue weighted by Gasteiger charge is 2.26. The molecule has 0 saturated carbocycles. The Bertz CT molecular complexity index is 1150. The van der Waals surface area contributed by atoms with E-state index in [1.165, 1.54) is 47.2 Å². The van der Waals surface area contributed by atoms with Gasteiger partial charge in [0.05, 0.1) is 23.4 Å². The lowest BCUT2D eigenvalue weighted by Crippen LogP contribution is -2.48. The zero-order valence-corrected chi connectivity index (χ0v) is 20.5. The number of benzene rings is 3. The van der Waals surface area contributed by atoms with E-state index in [4.69, 9.17) is 0 Å². The van der Waals surface area contributed by atoms with Crippen molar-refractivity contribution in [2.24, 2.45) is 0 Å². The average molecular weight is 453 g/mol. The number of hydrogen-bond acceptors (Lipinski definition) is 3. The van der Waals surface area contributed by atoms with Crippen LogP contribution in [-0.4, -0.2) is 52.1 Å². The lowest BCUT2D eigenvalue weighted by molar-refractivity contribution is 0.108. The van der Waals surface area contributed by atoms with E-state index in [2.05, 4.69) is 106 Å². The summed E-state index contributed by atoms with van der Waals surface area (Å²) in [6.07, 6.45) is 4.43. The van der Waals surface area contributed by atoms with Crippen molar-refractivity contribution in [2.45, 2.75) is 39.3 Å². The molecule has 5 rings (SSSR count). The molecular formula is C30H36N4. The van der Waals surface area contributed by atoms with Crippen LogP contribution in [0.4, 0.5) is 0 Å². The van der Waals surface area contributed by atoms with E-state index in [0.717, 1.165) is 38.2 Å². The van der Waals surface area contributed by atoms with Gasteiger partial charge in [-0.15, -0.1) is 0 Å². The fraction of sp³-hybridized carbons (Fsp3) is 0.367. The molecule has 4 heteroatoms. The largest absolute Gasteiger partial charge is 0.331 e. The first-order valence-electron chi connectivity index (χ1n) is 12.7. The molecule has 4 aromatic rings. The summed E-state index contributed by atoms with van der Waals surface area (Å²) in [5.74, 6) is 0. The maximum Gasteiger partial charge on any atom is 0.0958 e. The molecule has 4 nitrogen and oxygen atoms in total. The van der Waals surface area contributed by atoms with Crippen LogP contribution in [-0.2, 0) is 6.54 Å². The van der Waals surface area contributed by atoms with Crippen molar-refractivity contribution >= 4 is 11.0 Å². The molecule has 0 unspecified atom stereocenters. The van der Waals surface area contributed by atoms with Gasteiger partial charge in [-0.05, 0) is 67.6 Å². The second kappa shape index (κ2) is 10.5. The third kappa shape index (κ3) is 5.08. The maximum atomic E-state index is 4.61. The third-order valence-electron chi connectivity index (χ3n) is 7.36. The molecule has 176 valence electrons.